The summed E-state index contributed by atoms with van der Waals surface area (Å²) in [6.07, 6.45) is -0.897. The second kappa shape index (κ2) is 11.7. The smallest absolute Gasteiger partial charge is 0.416 e. The topological polar surface area (TPSA) is 53.4 Å². The molecule has 1 heterocycles. The fourth-order valence-corrected chi connectivity index (χ4v) is 5.70. The molecule has 0 unspecified atom stereocenters. The van der Waals surface area contributed by atoms with E-state index in [9.17, 15) is 18.0 Å². The van der Waals surface area contributed by atoms with E-state index >= 15 is 0 Å². The van der Waals surface area contributed by atoms with Crippen LogP contribution in [0.2, 0.25) is 10.0 Å². The number of benzene rings is 4. The van der Waals surface area contributed by atoms with E-state index in [1.165, 1.54) is 12.1 Å². The number of rotatable bonds is 8. The number of esters is 1. The van der Waals surface area contributed by atoms with Gasteiger partial charge in [-0.05, 0) is 98.1 Å². The van der Waals surface area contributed by atoms with E-state index in [0.717, 1.165) is 47.6 Å². The SMILES string of the molecule is CCOC(=O)c1ccc(-n2cc(-c3ccc(Cl)cc3Cl)nc2C2(c3ccc(Oc4cccc(C(F)(F)F)c4)cc3)CC2)cc1. The van der Waals surface area contributed by atoms with Gasteiger partial charge in [0.15, 0.2) is 0 Å². The Morgan fingerprint density at radius 3 is 2.30 bits per heavy atom. The molecule has 0 atom stereocenters. The Morgan fingerprint density at radius 1 is 0.932 bits per heavy atom. The molecule has 5 aromatic rings. The van der Waals surface area contributed by atoms with Crippen LogP contribution in [0.1, 0.15) is 47.1 Å². The van der Waals surface area contributed by atoms with Gasteiger partial charge in [0.25, 0.3) is 0 Å². The van der Waals surface area contributed by atoms with E-state index in [1.54, 1.807) is 43.3 Å². The normalized spacial score (nSPS) is 13.9. The van der Waals surface area contributed by atoms with Crippen molar-refractivity contribution in [3.8, 4) is 28.4 Å². The molecule has 1 saturated carbocycles. The van der Waals surface area contributed by atoms with Crippen LogP contribution in [0.5, 0.6) is 11.5 Å². The number of ether oxygens (including phenoxy) is 2. The molecule has 0 N–H and O–H groups in total. The Kier molecular flexibility index (Phi) is 7.90. The third-order valence-electron chi connectivity index (χ3n) is 7.55. The molecule has 0 radical (unpaired) electrons. The van der Waals surface area contributed by atoms with Crippen molar-refractivity contribution in [2.45, 2.75) is 31.4 Å². The number of imidazole rings is 1. The minimum atomic E-state index is -4.46. The van der Waals surface area contributed by atoms with Crippen molar-refractivity contribution in [1.29, 1.82) is 0 Å². The van der Waals surface area contributed by atoms with Crippen LogP contribution in [-0.2, 0) is 16.3 Å². The van der Waals surface area contributed by atoms with E-state index in [2.05, 4.69) is 0 Å². The van der Waals surface area contributed by atoms with Crippen LogP contribution in [0.25, 0.3) is 16.9 Å². The molecule has 4 aromatic carbocycles. The van der Waals surface area contributed by atoms with Crippen molar-refractivity contribution in [3.05, 3.63) is 130 Å². The number of hydrogen-bond donors (Lipinski definition) is 0. The summed E-state index contributed by atoms with van der Waals surface area (Å²) in [5, 5.41) is 0.978. The number of aromatic nitrogens is 2. The molecule has 0 saturated heterocycles. The number of carbonyl (C=O) groups excluding carboxylic acids is 1. The third-order valence-corrected chi connectivity index (χ3v) is 8.10. The van der Waals surface area contributed by atoms with E-state index in [-0.39, 0.29) is 12.4 Å². The first-order chi connectivity index (χ1) is 21.1. The lowest BCUT2D eigenvalue weighted by Crippen LogP contribution is -2.15. The quantitative estimate of drug-likeness (QED) is 0.159. The van der Waals surface area contributed by atoms with Gasteiger partial charge in [-0.15, -0.1) is 0 Å². The van der Waals surface area contributed by atoms with Crippen LogP contribution in [0, 0.1) is 0 Å². The molecule has 1 aliphatic carbocycles. The Morgan fingerprint density at radius 2 is 1.66 bits per heavy atom. The number of halogens is 5. The molecule has 224 valence electrons. The van der Waals surface area contributed by atoms with Crippen LogP contribution in [-0.4, -0.2) is 22.1 Å². The van der Waals surface area contributed by atoms with Gasteiger partial charge in [0, 0.05) is 22.5 Å². The molecule has 1 aliphatic rings. The molecular formula is C34H25Cl2F3N2O3. The maximum Gasteiger partial charge on any atom is 0.416 e. The molecule has 5 nitrogen and oxygen atoms in total. The lowest BCUT2D eigenvalue weighted by atomic mass is 9.94. The predicted molar refractivity (Wildman–Crippen MR) is 163 cm³/mol. The van der Waals surface area contributed by atoms with Crippen molar-refractivity contribution in [2.75, 3.05) is 6.61 Å². The maximum atomic E-state index is 13.2. The lowest BCUT2D eigenvalue weighted by Gasteiger charge is -2.18. The highest BCUT2D eigenvalue weighted by Crippen LogP contribution is 2.54. The summed E-state index contributed by atoms with van der Waals surface area (Å²) in [6.45, 7) is 2.04. The summed E-state index contributed by atoms with van der Waals surface area (Å²) in [6, 6.07) is 24.4. The van der Waals surface area contributed by atoms with Gasteiger partial charge in [0.1, 0.15) is 17.3 Å². The summed E-state index contributed by atoms with van der Waals surface area (Å²) < 4.78 is 52.3. The van der Waals surface area contributed by atoms with Crippen molar-refractivity contribution < 1.29 is 27.4 Å². The zero-order valence-electron chi connectivity index (χ0n) is 23.4. The van der Waals surface area contributed by atoms with Gasteiger partial charge in [-0.3, -0.25) is 0 Å². The molecule has 0 spiro atoms. The average molecular weight is 637 g/mol. The van der Waals surface area contributed by atoms with Gasteiger partial charge in [-0.2, -0.15) is 13.2 Å². The Labute approximate surface area is 261 Å². The van der Waals surface area contributed by atoms with Crippen LogP contribution >= 0.6 is 23.2 Å². The largest absolute Gasteiger partial charge is 0.462 e. The van der Waals surface area contributed by atoms with Crippen LogP contribution in [0.15, 0.2) is 97.2 Å². The number of nitrogens with zero attached hydrogens (tertiary/aromatic N) is 2. The molecule has 10 heteroatoms. The standard InChI is InChI=1S/C34H25Cl2F3N2O3/c1-2-43-31(42)21-6-11-25(12-7-21)41-20-30(28-15-10-24(35)19-29(28)36)40-32(41)33(16-17-33)22-8-13-26(14-9-22)44-27-5-3-4-23(18-27)34(37,38)39/h3-15,18-20H,2,16-17H2,1H3. The van der Waals surface area contributed by atoms with Gasteiger partial charge in [-0.25, -0.2) is 9.78 Å². The minimum Gasteiger partial charge on any atom is -0.462 e. The highest BCUT2D eigenvalue weighted by atomic mass is 35.5. The zero-order valence-corrected chi connectivity index (χ0v) is 24.9. The predicted octanol–water partition coefficient (Wildman–Crippen LogP) is 9.91. The molecule has 0 aliphatic heterocycles. The molecule has 0 amide bonds. The molecule has 1 fully saturated rings. The molecule has 0 bridgehead atoms. The second-order valence-electron chi connectivity index (χ2n) is 10.4. The van der Waals surface area contributed by atoms with Crippen molar-refractivity contribution in [2.24, 2.45) is 0 Å². The third kappa shape index (κ3) is 5.92. The minimum absolute atomic E-state index is 0.0972. The van der Waals surface area contributed by atoms with E-state index in [4.69, 9.17) is 37.7 Å². The van der Waals surface area contributed by atoms with Crippen molar-refractivity contribution in [1.82, 2.24) is 9.55 Å². The number of carbonyl (C=O) groups is 1. The Bertz CT molecular complexity index is 1830. The summed E-state index contributed by atoms with van der Waals surface area (Å²) >= 11 is 12.7. The second-order valence-corrected chi connectivity index (χ2v) is 11.3. The summed E-state index contributed by atoms with van der Waals surface area (Å²) in [7, 11) is 0. The van der Waals surface area contributed by atoms with E-state index in [1.807, 2.05) is 41.1 Å². The van der Waals surface area contributed by atoms with Gasteiger partial charge in [0.05, 0.1) is 33.9 Å². The molecule has 1 aromatic heterocycles. The fraction of sp³-hybridized carbons (Fsp3) is 0.176. The summed E-state index contributed by atoms with van der Waals surface area (Å²) in [5.41, 5.74) is 2.40. The monoisotopic (exact) mass is 636 g/mol. The van der Waals surface area contributed by atoms with E-state index in [0.29, 0.717) is 27.1 Å². The molecular weight excluding hydrogens is 612 g/mol. The summed E-state index contributed by atoms with van der Waals surface area (Å²) in [4.78, 5) is 17.3. The lowest BCUT2D eigenvalue weighted by molar-refractivity contribution is -0.137. The maximum absolute atomic E-state index is 13.2. The van der Waals surface area contributed by atoms with Crippen LogP contribution in [0.3, 0.4) is 0 Å². The van der Waals surface area contributed by atoms with Crippen LogP contribution < -0.4 is 4.74 Å². The fourth-order valence-electron chi connectivity index (χ4n) is 5.19. The average Bonchev–Trinajstić information content (AvgIpc) is 3.69. The van der Waals surface area contributed by atoms with Crippen molar-refractivity contribution in [3.63, 3.8) is 0 Å². The summed E-state index contributed by atoms with van der Waals surface area (Å²) in [5.74, 6) is 0.897. The zero-order chi connectivity index (χ0) is 31.1. The van der Waals surface area contributed by atoms with Crippen LogP contribution in [0.4, 0.5) is 13.2 Å². The van der Waals surface area contributed by atoms with Gasteiger partial charge >= 0.3 is 12.1 Å². The Hall–Kier alpha value is -4.27. The van der Waals surface area contributed by atoms with Gasteiger partial charge in [0.2, 0.25) is 0 Å². The van der Waals surface area contributed by atoms with Crippen molar-refractivity contribution >= 4 is 29.2 Å². The van der Waals surface area contributed by atoms with Gasteiger partial charge < -0.3 is 14.0 Å². The molecule has 6 rings (SSSR count). The van der Waals surface area contributed by atoms with Gasteiger partial charge in [-0.1, -0.05) is 41.4 Å². The Balaban J connectivity index is 1.36. The number of hydrogen-bond acceptors (Lipinski definition) is 4. The van der Waals surface area contributed by atoms with E-state index < -0.39 is 23.1 Å². The first-order valence-electron chi connectivity index (χ1n) is 13.9. The highest BCUT2D eigenvalue weighted by Gasteiger charge is 2.50. The first kappa shape index (κ1) is 29.8. The number of alkyl halides is 3. The molecule has 44 heavy (non-hydrogen) atoms. The highest BCUT2D eigenvalue weighted by molar-refractivity contribution is 6.36. The first-order valence-corrected chi connectivity index (χ1v) is 14.6.